The second-order valence-corrected chi connectivity index (χ2v) is 5.71. The zero-order valence-electron chi connectivity index (χ0n) is 11.8. The summed E-state index contributed by atoms with van der Waals surface area (Å²) in [6, 6.07) is 0.666. The van der Waals surface area contributed by atoms with Gasteiger partial charge in [0.2, 0.25) is 0 Å². The van der Waals surface area contributed by atoms with Crippen LogP contribution in [0, 0.1) is 5.41 Å². The van der Waals surface area contributed by atoms with Gasteiger partial charge >= 0.3 is 0 Å². The lowest BCUT2D eigenvalue weighted by molar-refractivity contribution is 0.0778. The van der Waals surface area contributed by atoms with Gasteiger partial charge in [0.05, 0.1) is 0 Å². The number of aliphatic imine (C=N–C) groups is 1. The van der Waals surface area contributed by atoms with Crippen molar-refractivity contribution < 1.29 is 4.74 Å². The Hall–Kier alpha value is -0.770. The van der Waals surface area contributed by atoms with Crippen molar-refractivity contribution in [2.45, 2.75) is 51.5 Å². The standard InChI is InChI=1S/C14H27N3O/c1-3-15-13(17-12-5-6-12)16-11-14(7-4-8-14)9-10-18-2/h12H,3-11H2,1-2H3,(H2,15,16,17). The van der Waals surface area contributed by atoms with Crippen molar-refractivity contribution in [3.05, 3.63) is 0 Å². The summed E-state index contributed by atoms with van der Waals surface area (Å²) < 4.78 is 5.22. The van der Waals surface area contributed by atoms with E-state index in [1.54, 1.807) is 7.11 Å². The van der Waals surface area contributed by atoms with Crippen molar-refractivity contribution in [3.63, 3.8) is 0 Å². The van der Waals surface area contributed by atoms with Crippen molar-refractivity contribution in [2.24, 2.45) is 10.4 Å². The molecule has 0 aromatic rings. The Labute approximate surface area is 111 Å². The van der Waals surface area contributed by atoms with Crippen LogP contribution < -0.4 is 10.6 Å². The number of ether oxygens (including phenoxy) is 1. The molecule has 0 bridgehead atoms. The smallest absolute Gasteiger partial charge is 0.191 e. The maximum absolute atomic E-state index is 5.22. The van der Waals surface area contributed by atoms with Crippen LogP contribution in [0.15, 0.2) is 4.99 Å². The molecule has 2 N–H and O–H groups in total. The third kappa shape index (κ3) is 3.87. The topological polar surface area (TPSA) is 45.7 Å². The third-order valence-corrected chi connectivity index (χ3v) is 4.09. The SMILES string of the molecule is CCNC(=NCC1(CCOC)CCC1)NC1CC1. The van der Waals surface area contributed by atoms with Crippen LogP contribution in [0.1, 0.15) is 45.4 Å². The summed E-state index contributed by atoms with van der Waals surface area (Å²) >= 11 is 0. The Kier molecular flexibility index (Phi) is 4.87. The zero-order valence-corrected chi connectivity index (χ0v) is 11.8. The first-order chi connectivity index (χ1) is 8.78. The molecule has 0 amide bonds. The lowest BCUT2D eigenvalue weighted by Crippen LogP contribution is -2.41. The van der Waals surface area contributed by atoms with E-state index in [1.165, 1.54) is 32.1 Å². The quantitative estimate of drug-likeness (QED) is 0.538. The minimum absolute atomic E-state index is 0.419. The molecule has 0 heterocycles. The van der Waals surface area contributed by atoms with Crippen LogP contribution in [0.25, 0.3) is 0 Å². The van der Waals surface area contributed by atoms with Gasteiger partial charge in [-0.05, 0) is 44.4 Å². The number of hydrogen-bond acceptors (Lipinski definition) is 2. The average Bonchev–Trinajstić information content (AvgIpc) is 3.11. The number of hydrogen-bond donors (Lipinski definition) is 2. The van der Waals surface area contributed by atoms with Gasteiger partial charge in [0.1, 0.15) is 0 Å². The largest absolute Gasteiger partial charge is 0.385 e. The van der Waals surface area contributed by atoms with E-state index in [2.05, 4.69) is 17.6 Å². The van der Waals surface area contributed by atoms with Gasteiger partial charge in [0.25, 0.3) is 0 Å². The second-order valence-electron chi connectivity index (χ2n) is 5.71. The number of nitrogens with zero attached hydrogens (tertiary/aromatic N) is 1. The molecule has 0 atom stereocenters. The van der Waals surface area contributed by atoms with E-state index in [0.717, 1.165) is 32.1 Å². The van der Waals surface area contributed by atoms with Crippen molar-refractivity contribution in [3.8, 4) is 0 Å². The van der Waals surface area contributed by atoms with Crippen molar-refractivity contribution in [2.75, 3.05) is 26.8 Å². The number of nitrogens with one attached hydrogen (secondary N) is 2. The molecule has 18 heavy (non-hydrogen) atoms. The highest BCUT2D eigenvalue weighted by atomic mass is 16.5. The summed E-state index contributed by atoms with van der Waals surface area (Å²) in [6.45, 7) is 4.86. The molecule has 0 aromatic heterocycles. The average molecular weight is 253 g/mol. The van der Waals surface area contributed by atoms with Crippen LogP contribution >= 0.6 is 0 Å². The van der Waals surface area contributed by atoms with Crippen LogP contribution in [0.4, 0.5) is 0 Å². The molecular formula is C14H27N3O. The van der Waals surface area contributed by atoms with Crippen molar-refractivity contribution in [1.29, 1.82) is 0 Å². The van der Waals surface area contributed by atoms with Crippen LogP contribution in [-0.2, 0) is 4.74 Å². The van der Waals surface area contributed by atoms with Crippen LogP contribution in [-0.4, -0.2) is 38.8 Å². The van der Waals surface area contributed by atoms with Gasteiger partial charge in [-0.25, -0.2) is 0 Å². The van der Waals surface area contributed by atoms with E-state index in [9.17, 15) is 0 Å². The van der Waals surface area contributed by atoms with Gasteiger partial charge in [-0.2, -0.15) is 0 Å². The molecule has 0 spiro atoms. The summed E-state index contributed by atoms with van der Waals surface area (Å²) in [6.07, 6.45) is 7.70. The van der Waals surface area contributed by atoms with E-state index in [0.29, 0.717) is 11.5 Å². The Morgan fingerprint density at radius 2 is 2.17 bits per heavy atom. The van der Waals surface area contributed by atoms with Crippen molar-refractivity contribution >= 4 is 5.96 Å². The molecule has 4 nitrogen and oxygen atoms in total. The molecular weight excluding hydrogens is 226 g/mol. The molecule has 0 saturated heterocycles. The normalized spacial score (nSPS) is 22.4. The molecule has 104 valence electrons. The maximum Gasteiger partial charge on any atom is 0.191 e. The van der Waals surface area contributed by atoms with E-state index >= 15 is 0 Å². The Morgan fingerprint density at radius 1 is 1.39 bits per heavy atom. The lowest BCUT2D eigenvalue weighted by atomic mass is 9.67. The summed E-state index contributed by atoms with van der Waals surface area (Å²) in [5.74, 6) is 1.00. The number of guanidine groups is 1. The van der Waals surface area contributed by atoms with E-state index in [-0.39, 0.29) is 0 Å². The maximum atomic E-state index is 5.22. The molecule has 2 rings (SSSR count). The fourth-order valence-electron chi connectivity index (χ4n) is 2.47. The summed E-state index contributed by atoms with van der Waals surface area (Å²) in [4.78, 5) is 4.78. The minimum atomic E-state index is 0.419. The molecule has 2 aliphatic carbocycles. The molecule has 2 fully saturated rings. The fraction of sp³-hybridized carbons (Fsp3) is 0.929. The first kappa shape index (κ1) is 13.7. The molecule has 2 aliphatic rings. The lowest BCUT2D eigenvalue weighted by Gasteiger charge is -2.40. The van der Waals surface area contributed by atoms with Gasteiger partial charge in [-0.1, -0.05) is 6.42 Å². The van der Waals surface area contributed by atoms with E-state index < -0.39 is 0 Å². The first-order valence-corrected chi connectivity index (χ1v) is 7.32. The van der Waals surface area contributed by atoms with Gasteiger partial charge in [-0.3, -0.25) is 4.99 Å². The van der Waals surface area contributed by atoms with Crippen LogP contribution in [0.3, 0.4) is 0 Å². The van der Waals surface area contributed by atoms with Gasteiger partial charge in [-0.15, -0.1) is 0 Å². The first-order valence-electron chi connectivity index (χ1n) is 7.32. The zero-order chi connectivity index (χ0) is 12.8. The summed E-state index contributed by atoms with van der Waals surface area (Å²) in [5.41, 5.74) is 0.419. The van der Waals surface area contributed by atoms with E-state index in [1.807, 2.05) is 0 Å². The van der Waals surface area contributed by atoms with Gasteiger partial charge in [0.15, 0.2) is 5.96 Å². The molecule has 0 radical (unpaired) electrons. The molecule has 4 heteroatoms. The van der Waals surface area contributed by atoms with Crippen molar-refractivity contribution in [1.82, 2.24) is 10.6 Å². The highest BCUT2D eigenvalue weighted by Crippen LogP contribution is 2.44. The third-order valence-electron chi connectivity index (χ3n) is 4.09. The fourth-order valence-corrected chi connectivity index (χ4v) is 2.47. The molecule has 0 unspecified atom stereocenters. The Balaban J connectivity index is 1.83. The van der Waals surface area contributed by atoms with E-state index in [4.69, 9.17) is 9.73 Å². The van der Waals surface area contributed by atoms with Crippen LogP contribution in [0.2, 0.25) is 0 Å². The number of methoxy groups -OCH3 is 1. The monoisotopic (exact) mass is 253 g/mol. The minimum Gasteiger partial charge on any atom is -0.385 e. The summed E-state index contributed by atoms with van der Waals surface area (Å²) in [5, 5.41) is 6.81. The Morgan fingerprint density at radius 3 is 2.67 bits per heavy atom. The highest BCUT2D eigenvalue weighted by Gasteiger charge is 2.36. The van der Waals surface area contributed by atoms with Crippen LogP contribution in [0.5, 0.6) is 0 Å². The molecule has 0 aromatic carbocycles. The second kappa shape index (κ2) is 6.41. The van der Waals surface area contributed by atoms with Gasteiger partial charge in [0, 0.05) is 32.8 Å². The predicted molar refractivity (Wildman–Crippen MR) is 74.9 cm³/mol. The highest BCUT2D eigenvalue weighted by molar-refractivity contribution is 5.80. The summed E-state index contributed by atoms with van der Waals surface area (Å²) in [7, 11) is 1.79. The molecule has 0 aliphatic heterocycles. The predicted octanol–water partition coefficient (Wildman–Crippen LogP) is 1.91. The number of rotatable bonds is 7. The Bertz CT molecular complexity index is 283. The van der Waals surface area contributed by atoms with Gasteiger partial charge < -0.3 is 15.4 Å². The molecule has 2 saturated carbocycles.